The third-order valence-corrected chi connectivity index (χ3v) is 5.16. The summed E-state index contributed by atoms with van der Waals surface area (Å²) in [7, 11) is -3.05. The lowest BCUT2D eigenvalue weighted by Crippen LogP contribution is -2.38. The van der Waals surface area contributed by atoms with Crippen molar-refractivity contribution in [1.29, 1.82) is 0 Å². The zero-order chi connectivity index (χ0) is 16.3. The van der Waals surface area contributed by atoms with Crippen LogP contribution in [0.15, 0.2) is 18.2 Å². The summed E-state index contributed by atoms with van der Waals surface area (Å²) in [5.74, 6) is -1.16. The first kappa shape index (κ1) is 16.3. The minimum atomic E-state index is -3.05. The van der Waals surface area contributed by atoms with Crippen LogP contribution < -0.4 is 10.1 Å². The SMILES string of the molecule is Cc1ccc(C(=O)O)cc1OCC(=O)N[C@@H]1CCS(=O)(=O)C1. The Morgan fingerprint density at radius 1 is 1.41 bits per heavy atom. The molecule has 1 aromatic carbocycles. The van der Waals surface area contributed by atoms with Gasteiger partial charge in [0.05, 0.1) is 17.1 Å². The van der Waals surface area contributed by atoms with Crippen molar-refractivity contribution < 1.29 is 27.9 Å². The summed E-state index contributed by atoms with van der Waals surface area (Å²) in [5, 5.41) is 11.5. The fraction of sp³-hybridized carbons (Fsp3) is 0.429. The van der Waals surface area contributed by atoms with Gasteiger partial charge in [-0.2, -0.15) is 0 Å². The van der Waals surface area contributed by atoms with Gasteiger partial charge in [0.2, 0.25) is 0 Å². The Hall–Kier alpha value is -2.09. The lowest BCUT2D eigenvalue weighted by molar-refractivity contribution is -0.123. The fourth-order valence-corrected chi connectivity index (χ4v) is 3.88. The van der Waals surface area contributed by atoms with Crippen LogP contribution in [0.25, 0.3) is 0 Å². The molecule has 120 valence electrons. The van der Waals surface area contributed by atoms with Gasteiger partial charge in [-0.05, 0) is 31.0 Å². The summed E-state index contributed by atoms with van der Waals surface area (Å²) < 4.78 is 27.9. The number of carboxylic acids is 1. The summed E-state index contributed by atoms with van der Waals surface area (Å²) in [4.78, 5) is 22.7. The van der Waals surface area contributed by atoms with Gasteiger partial charge in [0, 0.05) is 6.04 Å². The standard InChI is InChI=1S/C14H17NO6S/c1-9-2-3-10(14(17)18)6-12(9)21-7-13(16)15-11-4-5-22(19,20)8-11/h2-3,6,11H,4-5,7-8H2,1H3,(H,15,16)(H,17,18)/t11-/m1/s1. The van der Waals surface area contributed by atoms with Gasteiger partial charge in [-0.15, -0.1) is 0 Å². The second kappa shape index (κ2) is 6.35. The highest BCUT2D eigenvalue weighted by molar-refractivity contribution is 7.91. The van der Waals surface area contributed by atoms with Crippen LogP contribution in [0.3, 0.4) is 0 Å². The molecule has 0 aromatic heterocycles. The number of hydrogen-bond donors (Lipinski definition) is 2. The molecule has 1 amide bonds. The number of benzene rings is 1. The number of hydrogen-bond acceptors (Lipinski definition) is 5. The van der Waals surface area contributed by atoms with Crippen LogP contribution >= 0.6 is 0 Å². The lowest BCUT2D eigenvalue weighted by Gasteiger charge is -2.13. The van der Waals surface area contributed by atoms with E-state index in [2.05, 4.69) is 5.32 Å². The lowest BCUT2D eigenvalue weighted by atomic mass is 10.1. The average molecular weight is 327 g/mol. The zero-order valence-corrected chi connectivity index (χ0v) is 12.9. The van der Waals surface area contributed by atoms with Crippen molar-refractivity contribution in [1.82, 2.24) is 5.32 Å². The van der Waals surface area contributed by atoms with Crippen molar-refractivity contribution in [2.45, 2.75) is 19.4 Å². The van der Waals surface area contributed by atoms with Crippen LogP contribution in [0.1, 0.15) is 22.3 Å². The van der Waals surface area contributed by atoms with Crippen molar-refractivity contribution in [3.8, 4) is 5.75 Å². The first-order chi connectivity index (χ1) is 10.3. The van der Waals surface area contributed by atoms with Crippen LogP contribution in [0.5, 0.6) is 5.75 Å². The van der Waals surface area contributed by atoms with E-state index in [0.29, 0.717) is 17.7 Å². The van der Waals surface area contributed by atoms with Crippen LogP contribution in [-0.2, 0) is 14.6 Å². The molecule has 0 bridgehead atoms. The first-order valence-corrected chi connectivity index (χ1v) is 8.55. The quantitative estimate of drug-likeness (QED) is 0.809. The van der Waals surface area contributed by atoms with Crippen molar-refractivity contribution in [3.05, 3.63) is 29.3 Å². The number of sulfone groups is 1. The zero-order valence-electron chi connectivity index (χ0n) is 12.0. The monoisotopic (exact) mass is 327 g/mol. The molecule has 0 saturated carbocycles. The Kier molecular flexibility index (Phi) is 4.70. The van der Waals surface area contributed by atoms with Crippen LogP contribution in [0.4, 0.5) is 0 Å². The largest absolute Gasteiger partial charge is 0.483 e. The molecule has 0 aliphatic carbocycles. The van der Waals surface area contributed by atoms with Gasteiger partial charge in [-0.3, -0.25) is 4.79 Å². The Bertz CT molecular complexity index is 697. The molecule has 2 rings (SSSR count). The van der Waals surface area contributed by atoms with Gasteiger partial charge in [-0.1, -0.05) is 6.07 Å². The summed E-state index contributed by atoms with van der Waals surface area (Å²) in [6.45, 7) is 1.45. The van der Waals surface area contributed by atoms with E-state index < -0.39 is 21.7 Å². The van der Waals surface area contributed by atoms with Crippen LogP contribution in [0.2, 0.25) is 0 Å². The highest BCUT2D eigenvalue weighted by Gasteiger charge is 2.28. The predicted octanol–water partition coefficient (Wildman–Crippen LogP) is 0.375. The maximum atomic E-state index is 11.8. The number of ether oxygens (including phenoxy) is 1. The minimum absolute atomic E-state index is 0.0493. The molecule has 0 unspecified atom stereocenters. The third-order valence-electron chi connectivity index (χ3n) is 3.39. The summed E-state index contributed by atoms with van der Waals surface area (Å²) >= 11 is 0. The van der Waals surface area contributed by atoms with Gasteiger partial charge < -0.3 is 15.2 Å². The number of carbonyl (C=O) groups excluding carboxylic acids is 1. The van der Waals surface area contributed by atoms with E-state index in [9.17, 15) is 18.0 Å². The molecule has 1 aromatic rings. The van der Waals surface area contributed by atoms with Gasteiger partial charge in [0.1, 0.15) is 5.75 Å². The van der Waals surface area contributed by atoms with Crippen LogP contribution in [-0.4, -0.2) is 49.6 Å². The van der Waals surface area contributed by atoms with E-state index in [1.54, 1.807) is 13.0 Å². The summed E-state index contributed by atoms with van der Waals surface area (Å²) in [5.41, 5.74) is 0.782. The molecule has 1 saturated heterocycles. The Morgan fingerprint density at radius 3 is 2.73 bits per heavy atom. The fourth-order valence-electron chi connectivity index (χ4n) is 2.21. The minimum Gasteiger partial charge on any atom is -0.483 e. The highest BCUT2D eigenvalue weighted by Crippen LogP contribution is 2.19. The highest BCUT2D eigenvalue weighted by atomic mass is 32.2. The van der Waals surface area contributed by atoms with Crippen molar-refractivity contribution in [2.24, 2.45) is 0 Å². The molecular weight excluding hydrogens is 310 g/mol. The first-order valence-electron chi connectivity index (χ1n) is 6.73. The molecule has 2 N–H and O–H groups in total. The van der Waals surface area contributed by atoms with E-state index >= 15 is 0 Å². The van der Waals surface area contributed by atoms with Gasteiger partial charge in [0.15, 0.2) is 16.4 Å². The second-order valence-corrected chi connectivity index (χ2v) is 7.47. The van der Waals surface area contributed by atoms with Crippen molar-refractivity contribution in [3.63, 3.8) is 0 Å². The molecule has 1 fully saturated rings. The maximum absolute atomic E-state index is 11.8. The predicted molar refractivity (Wildman–Crippen MR) is 78.8 cm³/mol. The Morgan fingerprint density at radius 2 is 2.14 bits per heavy atom. The average Bonchev–Trinajstić information content (AvgIpc) is 2.76. The number of rotatable bonds is 5. The van der Waals surface area contributed by atoms with Gasteiger partial charge in [0.25, 0.3) is 5.91 Å². The normalized spacial score (nSPS) is 19.6. The maximum Gasteiger partial charge on any atom is 0.335 e. The van der Waals surface area contributed by atoms with E-state index in [1.807, 2.05) is 0 Å². The molecule has 1 aliphatic heterocycles. The number of aryl methyl sites for hydroxylation is 1. The van der Waals surface area contributed by atoms with Gasteiger partial charge in [-0.25, -0.2) is 13.2 Å². The topological polar surface area (TPSA) is 110 Å². The summed E-state index contributed by atoms with van der Waals surface area (Å²) in [6.07, 6.45) is 0.404. The molecule has 7 nitrogen and oxygen atoms in total. The molecule has 1 atom stereocenters. The molecule has 8 heteroatoms. The van der Waals surface area contributed by atoms with E-state index in [1.165, 1.54) is 12.1 Å². The van der Waals surface area contributed by atoms with Gasteiger partial charge >= 0.3 is 5.97 Å². The molecular formula is C14H17NO6S. The van der Waals surface area contributed by atoms with E-state index in [-0.39, 0.29) is 29.7 Å². The van der Waals surface area contributed by atoms with Crippen LogP contribution in [0, 0.1) is 6.92 Å². The molecule has 0 radical (unpaired) electrons. The number of nitrogens with one attached hydrogen (secondary N) is 1. The second-order valence-electron chi connectivity index (χ2n) is 5.24. The number of amides is 1. The number of carbonyl (C=O) groups is 2. The molecule has 1 heterocycles. The van der Waals surface area contributed by atoms with Crippen molar-refractivity contribution >= 4 is 21.7 Å². The number of aromatic carboxylic acids is 1. The van der Waals surface area contributed by atoms with E-state index in [0.717, 1.165) is 0 Å². The molecule has 22 heavy (non-hydrogen) atoms. The summed E-state index contributed by atoms with van der Waals surface area (Å²) in [6, 6.07) is 4.02. The van der Waals surface area contributed by atoms with Crippen molar-refractivity contribution in [2.75, 3.05) is 18.1 Å². The Labute approximate surface area is 128 Å². The smallest absolute Gasteiger partial charge is 0.335 e. The Balaban J connectivity index is 1.91. The molecule has 1 aliphatic rings. The van der Waals surface area contributed by atoms with E-state index in [4.69, 9.17) is 9.84 Å². The number of carboxylic acid groups (broad SMARTS) is 1. The molecule has 0 spiro atoms. The third kappa shape index (κ3) is 4.20.